The standard InChI is InChI=1S/C14H20O2/c1-5-16-13-9-7-6-8-12(13)14(15)11(4)10(2)3/h6-11H,5H2,1-4H3. The minimum atomic E-state index is 0.0293. The van der Waals surface area contributed by atoms with Gasteiger partial charge in [0.25, 0.3) is 0 Å². The van der Waals surface area contributed by atoms with E-state index in [1.807, 2.05) is 38.1 Å². The lowest BCUT2D eigenvalue weighted by Crippen LogP contribution is -2.17. The molecule has 0 fully saturated rings. The van der Waals surface area contributed by atoms with Gasteiger partial charge in [0.05, 0.1) is 12.2 Å². The molecule has 0 N–H and O–H groups in total. The zero-order chi connectivity index (χ0) is 12.1. The summed E-state index contributed by atoms with van der Waals surface area (Å²) in [5, 5.41) is 0. The number of hydrogen-bond acceptors (Lipinski definition) is 2. The molecule has 0 aromatic heterocycles. The van der Waals surface area contributed by atoms with E-state index in [0.717, 1.165) is 0 Å². The number of ketones is 1. The van der Waals surface area contributed by atoms with Crippen molar-refractivity contribution in [2.45, 2.75) is 27.7 Å². The van der Waals surface area contributed by atoms with Gasteiger partial charge in [0, 0.05) is 5.92 Å². The van der Waals surface area contributed by atoms with E-state index in [1.165, 1.54) is 0 Å². The number of ether oxygens (including phenoxy) is 1. The van der Waals surface area contributed by atoms with Crippen molar-refractivity contribution in [1.82, 2.24) is 0 Å². The van der Waals surface area contributed by atoms with Crippen LogP contribution in [0.1, 0.15) is 38.1 Å². The Kier molecular flexibility index (Phi) is 4.53. The second-order valence-corrected chi connectivity index (χ2v) is 4.33. The first-order valence-electron chi connectivity index (χ1n) is 5.84. The monoisotopic (exact) mass is 220 g/mol. The van der Waals surface area contributed by atoms with Crippen LogP contribution < -0.4 is 4.74 Å². The van der Waals surface area contributed by atoms with Gasteiger partial charge in [-0.25, -0.2) is 0 Å². The van der Waals surface area contributed by atoms with Gasteiger partial charge in [-0.2, -0.15) is 0 Å². The van der Waals surface area contributed by atoms with Crippen molar-refractivity contribution in [2.24, 2.45) is 11.8 Å². The van der Waals surface area contributed by atoms with Crippen LogP contribution in [0.15, 0.2) is 24.3 Å². The van der Waals surface area contributed by atoms with Gasteiger partial charge in [0.1, 0.15) is 5.75 Å². The van der Waals surface area contributed by atoms with E-state index in [0.29, 0.717) is 23.8 Å². The lowest BCUT2D eigenvalue weighted by Gasteiger charge is -2.16. The summed E-state index contributed by atoms with van der Waals surface area (Å²) < 4.78 is 5.47. The van der Waals surface area contributed by atoms with Crippen LogP contribution in [-0.2, 0) is 0 Å². The summed E-state index contributed by atoms with van der Waals surface area (Å²) in [5.41, 5.74) is 0.700. The van der Waals surface area contributed by atoms with Crippen molar-refractivity contribution in [2.75, 3.05) is 6.61 Å². The maximum Gasteiger partial charge on any atom is 0.169 e. The van der Waals surface area contributed by atoms with Gasteiger partial charge in [-0.05, 0) is 25.0 Å². The molecule has 0 aliphatic carbocycles. The Balaban J connectivity index is 2.98. The molecule has 1 atom stereocenters. The first kappa shape index (κ1) is 12.8. The Morgan fingerprint density at radius 2 is 1.88 bits per heavy atom. The van der Waals surface area contributed by atoms with E-state index in [1.54, 1.807) is 0 Å². The second kappa shape index (κ2) is 5.69. The van der Waals surface area contributed by atoms with Crippen LogP contribution in [0.2, 0.25) is 0 Å². The van der Waals surface area contributed by atoms with Crippen molar-refractivity contribution in [3.05, 3.63) is 29.8 Å². The van der Waals surface area contributed by atoms with E-state index < -0.39 is 0 Å². The summed E-state index contributed by atoms with van der Waals surface area (Å²) >= 11 is 0. The van der Waals surface area contributed by atoms with Crippen LogP contribution in [0, 0.1) is 11.8 Å². The van der Waals surface area contributed by atoms with E-state index in [9.17, 15) is 4.79 Å². The largest absolute Gasteiger partial charge is 0.493 e. The molecule has 0 heterocycles. The fraction of sp³-hybridized carbons (Fsp3) is 0.500. The third-order valence-electron chi connectivity index (χ3n) is 2.87. The average molecular weight is 220 g/mol. The van der Waals surface area contributed by atoms with Gasteiger partial charge in [0.15, 0.2) is 5.78 Å². The first-order chi connectivity index (χ1) is 7.57. The van der Waals surface area contributed by atoms with Crippen molar-refractivity contribution in [3.63, 3.8) is 0 Å². The zero-order valence-corrected chi connectivity index (χ0v) is 10.5. The van der Waals surface area contributed by atoms with Crippen LogP contribution in [0.5, 0.6) is 5.75 Å². The highest BCUT2D eigenvalue weighted by molar-refractivity contribution is 6.00. The van der Waals surface area contributed by atoms with Gasteiger partial charge < -0.3 is 4.74 Å². The SMILES string of the molecule is CCOc1ccccc1C(=O)C(C)C(C)C. The lowest BCUT2D eigenvalue weighted by atomic mass is 9.89. The topological polar surface area (TPSA) is 26.3 Å². The van der Waals surface area contributed by atoms with Gasteiger partial charge >= 0.3 is 0 Å². The van der Waals surface area contributed by atoms with Crippen LogP contribution in [0.3, 0.4) is 0 Å². The Morgan fingerprint density at radius 3 is 2.44 bits per heavy atom. The van der Waals surface area contributed by atoms with E-state index in [-0.39, 0.29) is 11.7 Å². The summed E-state index contributed by atoms with van der Waals surface area (Å²) in [6.07, 6.45) is 0. The molecule has 0 radical (unpaired) electrons. The molecule has 0 saturated carbocycles. The maximum atomic E-state index is 12.2. The Morgan fingerprint density at radius 1 is 1.25 bits per heavy atom. The highest BCUT2D eigenvalue weighted by Gasteiger charge is 2.21. The van der Waals surface area contributed by atoms with E-state index in [2.05, 4.69) is 13.8 Å². The average Bonchev–Trinajstić information content (AvgIpc) is 2.28. The number of Topliss-reactive ketones (excluding diaryl/α,β-unsaturated/α-hetero) is 1. The molecule has 1 aromatic rings. The number of hydrogen-bond donors (Lipinski definition) is 0. The predicted octanol–water partition coefficient (Wildman–Crippen LogP) is 3.56. The third kappa shape index (κ3) is 2.84. The van der Waals surface area contributed by atoms with Gasteiger partial charge in [-0.3, -0.25) is 4.79 Å². The molecule has 0 saturated heterocycles. The normalized spacial score (nSPS) is 12.6. The van der Waals surface area contributed by atoms with Gasteiger partial charge in [-0.15, -0.1) is 0 Å². The summed E-state index contributed by atoms with van der Waals surface area (Å²) in [7, 11) is 0. The van der Waals surface area contributed by atoms with Crippen molar-refractivity contribution < 1.29 is 9.53 Å². The molecule has 0 aliphatic rings. The minimum Gasteiger partial charge on any atom is -0.493 e. The lowest BCUT2D eigenvalue weighted by molar-refractivity contribution is 0.0896. The zero-order valence-electron chi connectivity index (χ0n) is 10.5. The van der Waals surface area contributed by atoms with E-state index in [4.69, 9.17) is 4.74 Å². The van der Waals surface area contributed by atoms with Gasteiger partial charge in [-0.1, -0.05) is 32.9 Å². The fourth-order valence-corrected chi connectivity index (χ4v) is 1.50. The molecule has 0 spiro atoms. The molecule has 2 heteroatoms. The molecule has 1 rings (SSSR count). The summed E-state index contributed by atoms with van der Waals surface area (Å²) in [4.78, 5) is 12.2. The molecule has 16 heavy (non-hydrogen) atoms. The number of rotatable bonds is 5. The molecule has 1 aromatic carbocycles. The first-order valence-corrected chi connectivity index (χ1v) is 5.84. The maximum absolute atomic E-state index is 12.2. The van der Waals surface area contributed by atoms with Crippen LogP contribution in [0.4, 0.5) is 0 Å². The number of benzene rings is 1. The third-order valence-corrected chi connectivity index (χ3v) is 2.87. The molecule has 2 nitrogen and oxygen atoms in total. The fourth-order valence-electron chi connectivity index (χ4n) is 1.50. The van der Waals surface area contributed by atoms with Crippen LogP contribution in [0.25, 0.3) is 0 Å². The van der Waals surface area contributed by atoms with Crippen molar-refractivity contribution in [3.8, 4) is 5.75 Å². The summed E-state index contributed by atoms with van der Waals surface area (Å²) in [6, 6.07) is 7.46. The minimum absolute atomic E-state index is 0.0293. The number of carbonyl (C=O) groups is 1. The molecular weight excluding hydrogens is 200 g/mol. The van der Waals surface area contributed by atoms with Crippen LogP contribution in [-0.4, -0.2) is 12.4 Å². The molecular formula is C14H20O2. The number of carbonyl (C=O) groups excluding carboxylic acids is 1. The second-order valence-electron chi connectivity index (χ2n) is 4.33. The smallest absolute Gasteiger partial charge is 0.169 e. The van der Waals surface area contributed by atoms with Crippen molar-refractivity contribution >= 4 is 5.78 Å². The highest BCUT2D eigenvalue weighted by Crippen LogP contribution is 2.24. The number of para-hydroxylation sites is 1. The Bertz CT molecular complexity index is 356. The quantitative estimate of drug-likeness (QED) is 0.709. The van der Waals surface area contributed by atoms with E-state index >= 15 is 0 Å². The summed E-state index contributed by atoms with van der Waals surface area (Å²) in [6.45, 7) is 8.60. The van der Waals surface area contributed by atoms with Gasteiger partial charge in [0.2, 0.25) is 0 Å². The Hall–Kier alpha value is -1.31. The highest BCUT2D eigenvalue weighted by atomic mass is 16.5. The molecule has 88 valence electrons. The molecule has 0 bridgehead atoms. The predicted molar refractivity (Wildman–Crippen MR) is 65.9 cm³/mol. The Labute approximate surface area is 97.6 Å². The molecule has 0 amide bonds. The van der Waals surface area contributed by atoms with Crippen LogP contribution >= 0.6 is 0 Å². The summed E-state index contributed by atoms with van der Waals surface area (Å²) in [5.74, 6) is 1.24. The molecule has 1 unspecified atom stereocenters. The van der Waals surface area contributed by atoms with Crippen molar-refractivity contribution in [1.29, 1.82) is 0 Å². The molecule has 0 aliphatic heterocycles.